The van der Waals surface area contributed by atoms with E-state index < -0.39 is 0 Å². The second kappa shape index (κ2) is 7.14. The van der Waals surface area contributed by atoms with Crippen molar-refractivity contribution in [2.45, 2.75) is 38.2 Å². The lowest BCUT2D eigenvalue weighted by Gasteiger charge is -2.33. The van der Waals surface area contributed by atoms with Gasteiger partial charge >= 0.3 is 0 Å². The van der Waals surface area contributed by atoms with Gasteiger partial charge in [-0.15, -0.1) is 0 Å². The number of carbonyl (C=O) groups is 1. The van der Waals surface area contributed by atoms with E-state index in [4.69, 9.17) is 9.72 Å². The highest BCUT2D eigenvalue weighted by atomic mass is 16.5. The summed E-state index contributed by atoms with van der Waals surface area (Å²) in [4.78, 5) is 22.8. The van der Waals surface area contributed by atoms with Gasteiger partial charge in [-0.1, -0.05) is 12.1 Å². The second-order valence-corrected chi connectivity index (χ2v) is 7.15. The van der Waals surface area contributed by atoms with Crippen LogP contribution in [0.1, 0.15) is 36.6 Å². The number of benzene rings is 1. The van der Waals surface area contributed by atoms with Gasteiger partial charge in [0.2, 0.25) is 5.91 Å². The topological polar surface area (TPSA) is 70.2 Å². The van der Waals surface area contributed by atoms with E-state index in [1.807, 2.05) is 4.90 Å². The number of aryl methyl sites for hydroxylation is 1. The third-order valence-electron chi connectivity index (χ3n) is 5.37. The molecule has 2 N–H and O–H groups in total. The average molecular weight is 342 g/mol. The number of hydrogen-bond acceptors (Lipinski definition) is 4. The van der Waals surface area contributed by atoms with E-state index in [2.05, 4.69) is 35.4 Å². The molecule has 1 aromatic carbocycles. The van der Waals surface area contributed by atoms with Crippen LogP contribution in [-0.2, 0) is 9.53 Å². The summed E-state index contributed by atoms with van der Waals surface area (Å²) in [7, 11) is 0. The van der Waals surface area contributed by atoms with Crippen molar-refractivity contribution in [2.24, 2.45) is 0 Å². The summed E-state index contributed by atoms with van der Waals surface area (Å²) in [6.07, 6.45) is 2.45. The zero-order chi connectivity index (χ0) is 17.2. The van der Waals surface area contributed by atoms with Crippen LogP contribution in [0.3, 0.4) is 0 Å². The van der Waals surface area contributed by atoms with E-state index in [-0.39, 0.29) is 12.0 Å². The number of rotatable bonds is 3. The maximum Gasteiger partial charge on any atom is 0.225 e. The molecule has 25 heavy (non-hydrogen) atoms. The first kappa shape index (κ1) is 16.5. The molecule has 0 spiro atoms. The molecule has 4 rings (SSSR count). The number of ether oxygens (including phenoxy) is 1. The number of para-hydroxylation sites is 1. The maximum absolute atomic E-state index is 12.5. The Balaban J connectivity index is 1.35. The molecule has 0 radical (unpaired) electrons. The summed E-state index contributed by atoms with van der Waals surface area (Å²) < 4.78 is 5.65. The summed E-state index contributed by atoms with van der Waals surface area (Å²) in [5.74, 6) is 1.69. The van der Waals surface area contributed by atoms with Crippen LogP contribution in [0, 0.1) is 6.92 Å². The van der Waals surface area contributed by atoms with Gasteiger partial charge in [0.1, 0.15) is 5.82 Å². The van der Waals surface area contributed by atoms with Crippen molar-refractivity contribution in [1.82, 2.24) is 20.2 Å². The molecular weight excluding hydrogens is 316 g/mol. The predicted octanol–water partition coefficient (Wildman–Crippen LogP) is 1.96. The Morgan fingerprint density at radius 1 is 1.36 bits per heavy atom. The summed E-state index contributed by atoms with van der Waals surface area (Å²) in [5.41, 5.74) is 3.38. The Morgan fingerprint density at radius 2 is 2.20 bits per heavy atom. The number of likely N-dealkylation sites (tertiary alicyclic amines) is 1. The lowest BCUT2D eigenvalue weighted by atomic mass is 9.96. The molecule has 0 aliphatic carbocycles. The van der Waals surface area contributed by atoms with Crippen LogP contribution in [0.2, 0.25) is 0 Å². The van der Waals surface area contributed by atoms with Crippen LogP contribution in [0.5, 0.6) is 0 Å². The zero-order valence-electron chi connectivity index (χ0n) is 14.8. The van der Waals surface area contributed by atoms with Gasteiger partial charge in [-0.2, -0.15) is 0 Å². The van der Waals surface area contributed by atoms with E-state index in [1.54, 1.807) is 0 Å². The highest BCUT2D eigenvalue weighted by Crippen LogP contribution is 2.29. The SMILES string of the molecule is Cc1cccc2[nH]c(C3CCN(C(=O)CC4CNCCO4)CC3)nc12. The number of fused-ring (bicyclic) bond motifs is 1. The Bertz CT molecular complexity index is 743. The van der Waals surface area contributed by atoms with E-state index in [0.717, 1.165) is 55.9 Å². The van der Waals surface area contributed by atoms with E-state index in [0.29, 0.717) is 18.9 Å². The Kier molecular flexibility index (Phi) is 4.72. The average Bonchev–Trinajstić information content (AvgIpc) is 3.08. The third kappa shape index (κ3) is 3.55. The number of carbonyl (C=O) groups excluding carboxylic acids is 1. The number of piperidine rings is 1. The van der Waals surface area contributed by atoms with Crippen LogP contribution in [0.4, 0.5) is 0 Å². The standard InChI is InChI=1S/C19H26N4O2/c1-13-3-2-4-16-18(13)22-19(21-16)14-5-8-23(9-6-14)17(24)11-15-12-20-7-10-25-15/h2-4,14-15,20H,5-12H2,1H3,(H,21,22). The molecule has 2 aliphatic heterocycles. The molecule has 134 valence electrons. The molecule has 1 amide bonds. The predicted molar refractivity (Wildman–Crippen MR) is 96.6 cm³/mol. The summed E-state index contributed by atoms with van der Waals surface area (Å²) in [6, 6.07) is 6.23. The quantitative estimate of drug-likeness (QED) is 0.894. The number of morpholine rings is 1. The maximum atomic E-state index is 12.5. The number of nitrogens with zero attached hydrogens (tertiary/aromatic N) is 2. The Labute approximate surface area is 147 Å². The van der Waals surface area contributed by atoms with Gasteiger partial charge < -0.3 is 19.9 Å². The van der Waals surface area contributed by atoms with Gasteiger partial charge in [-0.3, -0.25) is 4.79 Å². The fraction of sp³-hybridized carbons (Fsp3) is 0.579. The molecule has 0 saturated carbocycles. The molecule has 2 aliphatic rings. The number of amides is 1. The minimum absolute atomic E-state index is 0.0253. The molecule has 0 bridgehead atoms. The van der Waals surface area contributed by atoms with Crippen LogP contribution >= 0.6 is 0 Å². The normalized spacial score (nSPS) is 22.4. The monoisotopic (exact) mass is 342 g/mol. The zero-order valence-corrected chi connectivity index (χ0v) is 14.8. The van der Waals surface area contributed by atoms with Crippen molar-refractivity contribution in [3.63, 3.8) is 0 Å². The summed E-state index contributed by atoms with van der Waals surface area (Å²) in [6.45, 7) is 6.06. The number of imidazole rings is 1. The highest BCUT2D eigenvalue weighted by Gasteiger charge is 2.27. The van der Waals surface area contributed by atoms with Crippen molar-refractivity contribution in [2.75, 3.05) is 32.8 Å². The molecule has 6 heteroatoms. The highest BCUT2D eigenvalue weighted by molar-refractivity contribution is 5.79. The van der Waals surface area contributed by atoms with Crippen LogP contribution in [0.15, 0.2) is 18.2 Å². The molecule has 2 fully saturated rings. The van der Waals surface area contributed by atoms with Crippen molar-refractivity contribution >= 4 is 16.9 Å². The Morgan fingerprint density at radius 3 is 2.92 bits per heavy atom. The van der Waals surface area contributed by atoms with Crippen LogP contribution in [-0.4, -0.2) is 59.7 Å². The van der Waals surface area contributed by atoms with Crippen molar-refractivity contribution in [1.29, 1.82) is 0 Å². The summed E-state index contributed by atoms with van der Waals surface area (Å²) in [5, 5.41) is 3.28. The number of hydrogen-bond donors (Lipinski definition) is 2. The van der Waals surface area contributed by atoms with Crippen LogP contribution in [0.25, 0.3) is 11.0 Å². The van der Waals surface area contributed by atoms with Gasteiger partial charge in [0, 0.05) is 32.1 Å². The number of nitrogens with one attached hydrogen (secondary N) is 2. The fourth-order valence-electron chi connectivity index (χ4n) is 3.86. The summed E-state index contributed by atoms with van der Waals surface area (Å²) >= 11 is 0. The van der Waals surface area contributed by atoms with Gasteiger partial charge in [-0.25, -0.2) is 4.98 Å². The molecular formula is C19H26N4O2. The molecule has 1 unspecified atom stereocenters. The first-order chi connectivity index (χ1) is 12.2. The van der Waals surface area contributed by atoms with Crippen molar-refractivity contribution in [3.8, 4) is 0 Å². The van der Waals surface area contributed by atoms with E-state index in [1.165, 1.54) is 5.56 Å². The number of aromatic nitrogens is 2. The first-order valence-corrected chi connectivity index (χ1v) is 9.26. The van der Waals surface area contributed by atoms with Gasteiger partial charge in [-0.05, 0) is 31.4 Å². The minimum Gasteiger partial charge on any atom is -0.375 e. The number of H-pyrrole nitrogens is 1. The molecule has 2 aromatic rings. The van der Waals surface area contributed by atoms with Gasteiger partial charge in [0.15, 0.2) is 0 Å². The lowest BCUT2D eigenvalue weighted by molar-refractivity contribution is -0.135. The lowest BCUT2D eigenvalue weighted by Crippen LogP contribution is -2.44. The smallest absolute Gasteiger partial charge is 0.225 e. The second-order valence-electron chi connectivity index (χ2n) is 7.15. The molecule has 2 saturated heterocycles. The fourth-order valence-corrected chi connectivity index (χ4v) is 3.86. The molecule has 1 atom stereocenters. The molecule has 1 aromatic heterocycles. The van der Waals surface area contributed by atoms with Crippen molar-refractivity contribution < 1.29 is 9.53 Å². The molecule has 6 nitrogen and oxygen atoms in total. The largest absolute Gasteiger partial charge is 0.375 e. The van der Waals surface area contributed by atoms with Crippen LogP contribution < -0.4 is 5.32 Å². The van der Waals surface area contributed by atoms with Crippen molar-refractivity contribution in [3.05, 3.63) is 29.6 Å². The van der Waals surface area contributed by atoms with Gasteiger partial charge in [0.05, 0.1) is 30.2 Å². The third-order valence-corrected chi connectivity index (χ3v) is 5.37. The molecule has 3 heterocycles. The van der Waals surface area contributed by atoms with E-state index in [9.17, 15) is 4.79 Å². The van der Waals surface area contributed by atoms with Gasteiger partial charge in [0.25, 0.3) is 0 Å². The minimum atomic E-state index is 0.0253. The Hall–Kier alpha value is -1.92. The number of aromatic amines is 1. The first-order valence-electron chi connectivity index (χ1n) is 9.26. The van der Waals surface area contributed by atoms with E-state index >= 15 is 0 Å².